The number of hydrogen-bond donors (Lipinski definition) is 1. The molecule has 1 saturated carbocycles. The van der Waals surface area contributed by atoms with Crippen molar-refractivity contribution in [3.63, 3.8) is 0 Å². The van der Waals surface area contributed by atoms with Crippen LogP contribution in [0.1, 0.15) is 32.6 Å². The molecule has 8 heteroatoms. The number of aromatic nitrogens is 4. The van der Waals surface area contributed by atoms with Crippen LogP contribution in [0.3, 0.4) is 0 Å². The van der Waals surface area contributed by atoms with Gasteiger partial charge < -0.3 is 14.6 Å². The Morgan fingerprint density at radius 1 is 1.32 bits per heavy atom. The van der Waals surface area contributed by atoms with E-state index in [4.69, 9.17) is 4.74 Å². The summed E-state index contributed by atoms with van der Waals surface area (Å²) in [6.45, 7) is 2.22. The Morgan fingerprint density at radius 2 is 2.14 bits per heavy atom. The van der Waals surface area contributed by atoms with Crippen LogP contribution >= 0.6 is 11.8 Å². The molecule has 2 atom stereocenters. The first kappa shape index (κ1) is 19.0. The van der Waals surface area contributed by atoms with Crippen molar-refractivity contribution in [1.29, 1.82) is 0 Å². The Hall–Kier alpha value is -2.35. The zero-order valence-electron chi connectivity index (χ0n) is 16.4. The Kier molecular flexibility index (Phi) is 5.39. The highest BCUT2D eigenvalue weighted by Gasteiger charge is 2.23. The van der Waals surface area contributed by atoms with Crippen LogP contribution < -0.4 is 10.1 Å². The summed E-state index contributed by atoms with van der Waals surface area (Å²) in [5.74, 6) is 1.65. The second-order valence-corrected chi connectivity index (χ2v) is 8.38. The molecule has 0 bridgehead atoms. The summed E-state index contributed by atoms with van der Waals surface area (Å²) < 4.78 is 7.31. The van der Waals surface area contributed by atoms with Gasteiger partial charge in [0.1, 0.15) is 11.3 Å². The normalized spacial score (nSPS) is 19.8. The highest BCUT2D eigenvalue weighted by molar-refractivity contribution is 7.99. The van der Waals surface area contributed by atoms with Gasteiger partial charge in [-0.2, -0.15) is 0 Å². The van der Waals surface area contributed by atoms with Crippen LogP contribution in [0.4, 0.5) is 0 Å². The van der Waals surface area contributed by atoms with Crippen LogP contribution in [-0.4, -0.2) is 44.6 Å². The number of aryl methyl sites for hydroxylation is 1. The van der Waals surface area contributed by atoms with Crippen LogP contribution in [0, 0.1) is 5.92 Å². The molecule has 1 amide bonds. The number of benzene rings is 1. The van der Waals surface area contributed by atoms with E-state index < -0.39 is 0 Å². The first-order valence-corrected chi connectivity index (χ1v) is 10.6. The van der Waals surface area contributed by atoms with E-state index in [-0.39, 0.29) is 11.9 Å². The molecule has 28 heavy (non-hydrogen) atoms. The van der Waals surface area contributed by atoms with Crippen molar-refractivity contribution in [3.8, 4) is 5.75 Å². The average Bonchev–Trinajstić information content (AvgIpc) is 2.99. The third-order valence-corrected chi connectivity index (χ3v) is 6.41. The monoisotopic (exact) mass is 399 g/mol. The van der Waals surface area contributed by atoms with Gasteiger partial charge in [0.15, 0.2) is 5.65 Å². The summed E-state index contributed by atoms with van der Waals surface area (Å²) in [7, 11) is 3.60. The topological polar surface area (TPSA) is 81.9 Å². The molecule has 2 heterocycles. The molecule has 148 valence electrons. The van der Waals surface area contributed by atoms with Crippen molar-refractivity contribution >= 4 is 39.7 Å². The zero-order chi connectivity index (χ0) is 19.7. The van der Waals surface area contributed by atoms with E-state index in [2.05, 4.69) is 27.4 Å². The van der Waals surface area contributed by atoms with Crippen LogP contribution in [0.2, 0.25) is 0 Å². The van der Waals surface area contributed by atoms with E-state index in [1.54, 1.807) is 7.11 Å². The molecule has 0 aliphatic heterocycles. The number of rotatable bonds is 5. The number of amides is 1. The number of hydrogen-bond acceptors (Lipinski definition) is 6. The minimum Gasteiger partial charge on any atom is -0.497 e. The molecular weight excluding hydrogens is 374 g/mol. The van der Waals surface area contributed by atoms with Crippen LogP contribution in [-0.2, 0) is 11.8 Å². The summed E-state index contributed by atoms with van der Waals surface area (Å²) in [6, 6.07) is 6.14. The fraction of sp³-hybridized carbons (Fsp3) is 0.500. The average molecular weight is 400 g/mol. The molecule has 7 nitrogen and oxygen atoms in total. The first-order chi connectivity index (χ1) is 13.6. The SMILES string of the molecule is COc1ccc2c(c1)c1nnc(SCC(=O)N[C@H]3CCCC[C@@H]3C)nc1n2C. The maximum absolute atomic E-state index is 12.3. The van der Waals surface area contributed by atoms with Gasteiger partial charge >= 0.3 is 0 Å². The number of fused-ring (bicyclic) bond motifs is 3. The minimum atomic E-state index is 0.0363. The van der Waals surface area contributed by atoms with Gasteiger partial charge in [0.2, 0.25) is 11.1 Å². The maximum Gasteiger partial charge on any atom is 0.230 e. The lowest BCUT2D eigenvalue weighted by atomic mass is 9.86. The van der Waals surface area contributed by atoms with Crippen molar-refractivity contribution in [2.24, 2.45) is 13.0 Å². The number of nitrogens with one attached hydrogen (secondary N) is 1. The zero-order valence-corrected chi connectivity index (χ0v) is 17.3. The second kappa shape index (κ2) is 7.95. The highest BCUT2D eigenvalue weighted by atomic mass is 32.2. The number of nitrogens with zero attached hydrogens (tertiary/aromatic N) is 4. The Morgan fingerprint density at radius 3 is 2.93 bits per heavy atom. The molecule has 0 radical (unpaired) electrons. The van der Waals surface area contributed by atoms with Gasteiger partial charge in [0, 0.05) is 18.5 Å². The molecule has 1 aromatic carbocycles. The van der Waals surface area contributed by atoms with Crippen molar-refractivity contribution in [2.45, 2.75) is 43.8 Å². The van der Waals surface area contributed by atoms with E-state index in [0.29, 0.717) is 16.8 Å². The Bertz CT molecular complexity index is 1020. The molecule has 1 aliphatic carbocycles. The maximum atomic E-state index is 12.3. The summed E-state index contributed by atoms with van der Waals surface area (Å²) in [5, 5.41) is 13.2. The Labute approximate surface area is 168 Å². The van der Waals surface area contributed by atoms with Gasteiger partial charge in [-0.1, -0.05) is 31.5 Å². The smallest absolute Gasteiger partial charge is 0.230 e. The van der Waals surface area contributed by atoms with Gasteiger partial charge in [-0.05, 0) is 37.0 Å². The number of carbonyl (C=O) groups is 1. The molecule has 0 spiro atoms. The van der Waals surface area contributed by atoms with Crippen molar-refractivity contribution in [1.82, 2.24) is 25.1 Å². The van der Waals surface area contributed by atoms with Gasteiger partial charge in [0.25, 0.3) is 0 Å². The lowest BCUT2D eigenvalue weighted by Gasteiger charge is -2.29. The molecule has 1 N–H and O–H groups in total. The fourth-order valence-corrected chi connectivity index (χ4v) is 4.51. The van der Waals surface area contributed by atoms with Crippen molar-refractivity contribution < 1.29 is 9.53 Å². The standard InChI is InChI=1S/C20H25N5O2S/c1-12-6-4-5-7-15(12)21-17(26)11-28-20-22-19-18(23-24-20)14-10-13(27-3)8-9-16(14)25(19)2/h8-10,12,15H,4-7,11H2,1-3H3,(H,21,26)/t12-,15-/m0/s1. The van der Waals surface area contributed by atoms with Gasteiger partial charge in [-0.3, -0.25) is 4.79 Å². The number of ether oxygens (including phenoxy) is 1. The molecule has 3 aromatic rings. The van der Waals surface area contributed by atoms with Crippen LogP contribution in [0.5, 0.6) is 5.75 Å². The molecular formula is C20H25N5O2S. The quantitative estimate of drug-likeness (QED) is 0.663. The fourth-order valence-electron chi connectivity index (χ4n) is 3.92. The summed E-state index contributed by atoms with van der Waals surface area (Å²) in [6.07, 6.45) is 4.71. The lowest BCUT2D eigenvalue weighted by Crippen LogP contribution is -2.41. The first-order valence-electron chi connectivity index (χ1n) is 9.66. The summed E-state index contributed by atoms with van der Waals surface area (Å²) in [4.78, 5) is 17.0. The van der Waals surface area contributed by atoms with Crippen molar-refractivity contribution in [3.05, 3.63) is 18.2 Å². The lowest BCUT2D eigenvalue weighted by molar-refractivity contribution is -0.119. The number of thioether (sulfide) groups is 1. The van der Waals surface area contributed by atoms with Gasteiger partial charge in [-0.15, -0.1) is 10.2 Å². The van der Waals surface area contributed by atoms with Crippen LogP contribution in [0.15, 0.2) is 23.4 Å². The van der Waals surface area contributed by atoms with Crippen molar-refractivity contribution in [2.75, 3.05) is 12.9 Å². The molecule has 4 rings (SSSR count). The van der Waals surface area contributed by atoms with E-state index in [1.165, 1.54) is 31.0 Å². The predicted octanol–water partition coefficient (Wildman–Crippen LogP) is 3.31. The van der Waals surface area contributed by atoms with E-state index in [1.807, 2.05) is 29.8 Å². The van der Waals surface area contributed by atoms with Gasteiger partial charge in [-0.25, -0.2) is 4.98 Å². The van der Waals surface area contributed by atoms with E-state index in [9.17, 15) is 4.79 Å². The second-order valence-electron chi connectivity index (χ2n) is 7.43. The molecule has 1 fully saturated rings. The van der Waals surface area contributed by atoms with E-state index >= 15 is 0 Å². The Balaban J connectivity index is 1.49. The van der Waals surface area contributed by atoms with E-state index in [0.717, 1.165) is 34.2 Å². The number of carbonyl (C=O) groups excluding carboxylic acids is 1. The largest absolute Gasteiger partial charge is 0.497 e. The van der Waals surface area contributed by atoms with Gasteiger partial charge in [0.05, 0.1) is 18.4 Å². The summed E-state index contributed by atoms with van der Waals surface area (Å²) in [5.41, 5.74) is 2.51. The minimum absolute atomic E-state index is 0.0363. The summed E-state index contributed by atoms with van der Waals surface area (Å²) >= 11 is 1.32. The third kappa shape index (κ3) is 3.65. The number of methoxy groups -OCH3 is 1. The van der Waals surface area contributed by atoms with Crippen LogP contribution in [0.25, 0.3) is 22.1 Å². The predicted molar refractivity (Wildman–Crippen MR) is 111 cm³/mol. The third-order valence-electron chi connectivity index (χ3n) is 5.58. The molecule has 0 saturated heterocycles. The molecule has 2 aromatic heterocycles. The molecule has 1 aliphatic rings. The highest BCUT2D eigenvalue weighted by Crippen LogP contribution is 2.29. The molecule has 0 unspecified atom stereocenters.